The molecule has 0 saturated carbocycles. The molecule has 0 aliphatic carbocycles. The Morgan fingerprint density at radius 2 is 1.90 bits per heavy atom. The molecule has 0 atom stereocenters. The summed E-state index contributed by atoms with van der Waals surface area (Å²) in [5.41, 5.74) is -0.468. The van der Waals surface area contributed by atoms with Gasteiger partial charge in [0.1, 0.15) is 17.4 Å². The van der Waals surface area contributed by atoms with Gasteiger partial charge < -0.3 is 9.84 Å². The van der Waals surface area contributed by atoms with Crippen LogP contribution in [0.3, 0.4) is 0 Å². The fourth-order valence-electron chi connectivity index (χ4n) is 1.68. The summed E-state index contributed by atoms with van der Waals surface area (Å²) in [6, 6.07) is 11.3. The van der Waals surface area contributed by atoms with Crippen LogP contribution in [0.15, 0.2) is 42.5 Å². The molecule has 7 nitrogen and oxygen atoms in total. The van der Waals surface area contributed by atoms with Crippen molar-refractivity contribution < 1.29 is 19.6 Å². The molecule has 7 heteroatoms. The number of rotatable bonds is 4. The minimum atomic E-state index is -1.08. The fraction of sp³-hybridized carbons (Fsp3) is 0. The first-order chi connectivity index (χ1) is 10.0. The van der Waals surface area contributed by atoms with Crippen LogP contribution in [0.25, 0.3) is 0 Å². The summed E-state index contributed by atoms with van der Waals surface area (Å²) in [7, 11) is 0. The Kier molecular flexibility index (Phi) is 3.81. The summed E-state index contributed by atoms with van der Waals surface area (Å²) in [5, 5.41) is 28.7. The Bertz CT molecular complexity index is 747. The molecule has 0 spiro atoms. The van der Waals surface area contributed by atoms with Gasteiger partial charge in [-0.3, -0.25) is 10.1 Å². The van der Waals surface area contributed by atoms with Crippen molar-refractivity contribution in [3.8, 4) is 17.6 Å². The van der Waals surface area contributed by atoms with E-state index in [-0.39, 0.29) is 22.6 Å². The normalized spacial score (nSPS) is 9.67. The van der Waals surface area contributed by atoms with Crippen molar-refractivity contribution >= 4 is 11.7 Å². The molecule has 0 fully saturated rings. The molecule has 0 bridgehead atoms. The third kappa shape index (κ3) is 2.96. The predicted octanol–water partition coefficient (Wildman–Crippen LogP) is 2.96. The highest BCUT2D eigenvalue weighted by atomic mass is 16.6. The number of hydrogen-bond donors (Lipinski definition) is 1. The second-order valence-corrected chi connectivity index (χ2v) is 3.95. The van der Waals surface area contributed by atoms with E-state index < -0.39 is 16.6 Å². The molecular weight excluding hydrogens is 276 g/mol. The van der Waals surface area contributed by atoms with Crippen LogP contribution >= 0.6 is 0 Å². The summed E-state index contributed by atoms with van der Waals surface area (Å²) < 4.78 is 5.36. The average Bonchev–Trinajstić information content (AvgIpc) is 2.47. The number of aromatic carboxylic acids is 1. The number of nitriles is 1. The molecular formula is C14H8N2O5. The minimum absolute atomic E-state index is 0.0719. The number of nitrogens with zero attached hydrogens (tertiary/aromatic N) is 2. The standard InChI is InChI=1S/C14H8N2O5/c15-8-10-2-1-3-12(13(10)16(19)20)21-11-6-4-9(5-7-11)14(17)18/h1-7H,(H,17,18). The van der Waals surface area contributed by atoms with E-state index in [1.165, 1.54) is 42.5 Å². The number of nitro benzene ring substituents is 1. The lowest BCUT2D eigenvalue weighted by Gasteiger charge is -2.07. The van der Waals surface area contributed by atoms with Crippen LogP contribution in [0, 0.1) is 21.4 Å². The Morgan fingerprint density at radius 1 is 1.24 bits per heavy atom. The van der Waals surface area contributed by atoms with Crippen LogP contribution in [-0.4, -0.2) is 16.0 Å². The van der Waals surface area contributed by atoms with Crippen LogP contribution in [0.5, 0.6) is 11.5 Å². The number of ether oxygens (including phenoxy) is 1. The average molecular weight is 284 g/mol. The molecule has 0 aliphatic rings. The van der Waals surface area contributed by atoms with Gasteiger partial charge in [0, 0.05) is 0 Å². The van der Waals surface area contributed by atoms with Crippen LogP contribution in [-0.2, 0) is 0 Å². The number of carboxylic acid groups (broad SMARTS) is 1. The highest BCUT2D eigenvalue weighted by molar-refractivity contribution is 5.87. The number of para-hydroxylation sites is 1. The zero-order valence-corrected chi connectivity index (χ0v) is 10.5. The number of carboxylic acids is 1. The monoisotopic (exact) mass is 284 g/mol. The summed E-state index contributed by atoms with van der Waals surface area (Å²) in [4.78, 5) is 21.1. The predicted molar refractivity (Wildman–Crippen MR) is 71.3 cm³/mol. The highest BCUT2D eigenvalue weighted by Gasteiger charge is 2.21. The molecule has 2 rings (SSSR count). The van der Waals surface area contributed by atoms with Gasteiger partial charge in [-0.1, -0.05) is 6.07 Å². The van der Waals surface area contributed by atoms with Gasteiger partial charge >= 0.3 is 11.7 Å². The molecule has 0 radical (unpaired) electrons. The quantitative estimate of drug-likeness (QED) is 0.682. The lowest BCUT2D eigenvalue weighted by atomic mass is 10.2. The van der Waals surface area contributed by atoms with Crippen molar-refractivity contribution in [2.75, 3.05) is 0 Å². The van der Waals surface area contributed by atoms with E-state index in [9.17, 15) is 14.9 Å². The van der Waals surface area contributed by atoms with E-state index in [4.69, 9.17) is 15.1 Å². The van der Waals surface area contributed by atoms with Crippen LogP contribution in [0.1, 0.15) is 15.9 Å². The molecule has 0 aliphatic heterocycles. The van der Waals surface area contributed by atoms with Gasteiger partial charge in [0.25, 0.3) is 0 Å². The first-order valence-electron chi connectivity index (χ1n) is 5.71. The first kappa shape index (κ1) is 14.0. The molecule has 2 aromatic rings. The molecule has 1 N–H and O–H groups in total. The van der Waals surface area contributed by atoms with Gasteiger partial charge in [-0.05, 0) is 36.4 Å². The molecule has 0 unspecified atom stereocenters. The van der Waals surface area contributed by atoms with E-state index in [0.29, 0.717) is 0 Å². The van der Waals surface area contributed by atoms with Crippen molar-refractivity contribution in [1.29, 1.82) is 5.26 Å². The lowest BCUT2D eigenvalue weighted by molar-refractivity contribution is -0.385. The van der Waals surface area contributed by atoms with Crippen molar-refractivity contribution in [3.63, 3.8) is 0 Å². The van der Waals surface area contributed by atoms with Crippen molar-refractivity contribution in [3.05, 3.63) is 63.7 Å². The van der Waals surface area contributed by atoms with Gasteiger partial charge in [-0.2, -0.15) is 5.26 Å². The van der Waals surface area contributed by atoms with Crippen LogP contribution in [0.2, 0.25) is 0 Å². The van der Waals surface area contributed by atoms with Gasteiger partial charge in [0.15, 0.2) is 0 Å². The van der Waals surface area contributed by atoms with E-state index >= 15 is 0 Å². The third-order valence-electron chi connectivity index (χ3n) is 2.63. The number of hydrogen-bond acceptors (Lipinski definition) is 5. The topological polar surface area (TPSA) is 113 Å². The molecule has 0 saturated heterocycles. The summed E-state index contributed by atoms with van der Waals surface area (Å²) in [6.07, 6.45) is 0. The maximum Gasteiger partial charge on any atom is 0.335 e. The number of carbonyl (C=O) groups is 1. The second-order valence-electron chi connectivity index (χ2n) is 3.95. The van der Waals surface area contributed by atoms with Crippen LogP contribution < -0.4 is 4.74 Å². The first-order valence-corrected chi connectivity index (χ1v) is 5.71. The highest BCUT2D eigenvalue weighted by Crippen LogP contribution is 2.33. The largest absolute Gasteiger partial charge is 0.478 e. The molecule has 104 valence electrons. The van der Waals surface area contributed by atoms with E-state index in [2.05, 4.69) is 0 Å². The minimum Gasteiger partial charge on any atom is -0.478 e. The second kappa shape index (κ2) is 5.71. The summed E-state index contributed by atoms with van der Waals surface area (Å²) in [6.45, 7) is 0. The van der Waals surface area contributed by atoms with Gasteiger partial charge in [0.05, 0.1) is 10.5 Å². The zero-order valence-electron chi connectivity index (χ0n) is 10.5. The summed E-state index contributed by atoms with van der Waals surface area (Å²) >= 11 is 0. The van der Waals surface area contributed by atoms with Gasteiger partial charge in [0.2, 0.25) is 5.75 Å². The lowest BCUT2D eigenvalue weighted by Crippen LogP contribution is -1.98. The molecule has 21 heavy (non-hydrogen) atoms. The van der Waals surface area contributed by atoms with E-state index in [0.717, 1.165) is 0 Å². The van der Waals surface area contributed by atoms with Crippen molar-refractivity contribution in [1.82, 2.24) is 0 Å². The summed E-state index contributed by atoms with van der Waals surface area (Å²) in [5.74, 6) is -0.931. The Hall–Kier alpha value is -3.40. The molecule has 0 aromatic heterocycles. The van der Waals surface area contributed by atoms with Gasteiger partial charge in [-0.25, -0.2) is 4.79 Å². The Labute approximate surface area is 118 Å². The number of benzene rings is 2. The maximum atomic E-state index is 11.0. The molecule has 0 heterocycles. The van der Waals surface area contributed by atoms with Crippen molar-refractivity contribution in [2.24, 2.45) is 0 Å². The zero-order chi connectivity index (χ0) is 15.4. The SMILES string of the molecule is N#Cc1cccc(Oc2ccc(C(=O)O)cc2)c1[N+](=O)[O-]. The smallest absolute Gasteiger partial charge is 0.335 e. The van der Waals surface area contributed by atoms with E-state index in [1.807, 2.05) is 0 Å². The maximum absolute atomic E-state index is 11.0. The molecule has 2 aromatic carbocycles. The molecule has 0 amide bonds. The Balaban J connectivity index is 2.38. The van der Waals surface area contributed by atoms with Gasteiger partial charge in [-0.15, -0.1) is 0 Å². The fourth-order valence-corrected chi connectivity index (χ4v) is 1.68. The third-order valence-corrected chi connectivity index (χ3v) is 2.63. The Morgan fingerprint density at radius 3 is 2.43 bits per heavy atom. The van der Waals surface area contributed by atoms with Crippen molar-refractivity contribution in [2.45, 2.75) is 0 Å². The number of nitro groups is 1. The van der Waals surface area contributed by atoms with Crippen LogP contribution in [0.4, 0.5) is 5.69 Å². The van der Waals surface area contributed by atoms with E-state index in [1.54, 1.807) is 6.07 Å².